The molecule has 0 unspecified atom stereocenters. The molecule has 0 spiro atoms. The minimum Gasteiger partial charge on any atom is -0.455 e. The summed E-state index contributed by atoms with van der Waals surface area (Å²) in [6.07, 6.45) is 1.54. The fourth-order valence-electron chi connectivity index (χ4n) is 2.89. The molecule has 0 N–H and O–H groups in total. The number of anilines is 1. The fraction of sp³-hybridized carbons (Fsp3) is 0.182. The first-order chi connectivity index (χ1) is 13.6. The zero-order chi connectivity index (χ0) is 19.9. The SMILES string of the molecule is CC(=O)N(Cc1cccn(CCF)c1=O)c1ccccc1Oc1ccccc1. The van der Waals surface area contributed by atoms with Crippen molar-refractivity contribution in [2.45, 2.75) is 20.0 Å². The van der Waals surface area contributed by atoms with Gasteiger partial charge in [-0.1, -0.05) is 36.4 Å². The third-order valence-electron chi connectivity index (χ3n) is 4.26. The second-order valence-electron chi connectivity index (χ2n) is 6.21. The van der Waals surface area contributed by atoms with E-state index in [0.29, 0.717) is 22.7 Å². The average Bonchev–Trinajstić information content (AvgIpc) is 2.70. The number of halogens is 1. The summed E-state index contributed by atoms with van der Waals surface area (Å²) in [7, 11) is 0. The maximum Gasteiger partial charge on any atom is 0.255 e. The number of benzene rings is 2. The topological polar surface area (TPSA) is 51.5 Å². The molecule has 0 atom stereocenters. The molecular weight excluding hydrogens is 359 g/mol. The molecule has 1 heterocycles. The van der Waals surface area contributed by atoms with Gasteiger partial charge in [-0.2, -0.15) is 0 Å². The van der Waals surface area contributed by atoms with Crippen molar-refractivity contribution in [1.29, 1.82) is 0 Å². The molecule has 6 heteroatoms. The number of hydrogen-bond acceptors (Lipinski definition) is 3. The van der Waals surface area contributed by atoms with Crippen LogP contribution in [0.5, 0.6) is 11.5 Å². The van der Waals surface area contributed by atoms with Crippen molar-refractivity contribution in [1.82, 2.24) is 4.57 Å². The number of hydrogen-bond donors (Lipinski definition) is 0. The molecule has 144 valence electrons. The molecule has 0 fully saturated rings. The van der Waals surface area contributed by atoms with Crippen LogP contribution in [0.3, 0.4) is 0 Å². The van der Waals surface area contributed by atoms with E-state index >= 15 is 0 Å². The first-order valence-electron chi connectivity index (χ1n) is 8.94. The summed E-state index contributed by atoms with van der Waals surface area (Å²) in [5.74, 6) is 0.914. The van der Waals surface area contributed by atoms with Crippen LogP contribution in [0.15, 0.2) is 77.7 Å². The maximum atomic E-state index is 12.7. The van der Waals surface area contributed by atoms with Gasteiger partial charge in [-0.3, -0.25) is 9.59 Å². The van der Waals surface area contributed by atoms with Crippen LogP contribution in [0.1, 0.15) is 12.5 Å². The Hall–Kier alpha value is -3.41. The van der Waals surface area contributed by atoms with Crippen molar-refractivity contribution in [3.8, 4) is 11.5 Å². The Balaban J connectivity index is 1.95. The van der Waals surface area contributed by atoms with E-state index in [9.17, 15) is 14.0 Å². The van der Waals surface area contributed by atoms with Crippen LogP contribution in [0, 0.1) is 0 Å². The third-order valence-corrected chi connectivity index (χ3v) is 4.26. The Morgan fingerprint density at radius 1 is 1.04 bits per heavy atom. The number of carbonyl (C=O) groups is 1. The second kappa shape index (κ2) is 8.99. The molecule has 0 bridgehead atoms. The summed E-state index contributed by atoms with van der Waals surface area (Å²) in [5.41, 5.74) is 0.646. The predicted molar refractivity (Wildman–Crippen MR) is 106 cm³/mol. The fourth-order valence-corrected chi connectivity index (χ4v) is 2.89. The van der Waals surface area contributed by atoms with Crippen molar-refractivity contribution >= 4 is 11.6 Å². The van der Waals surface area contributed by atoms with E-state index in [-0.39, 0.29) is 24.6 Å². The van der Waals surface area contributed by atoms with Crippen LogP contribution in [-0.4, -0.2) is 17.1 Å². The Morgan fingerprint density at radius 2 is 1.75 bits per heavy atom. The molecule has 0 saturated carbocycles. The number of aromatic nitrogens is 1. The van der Waals surface area contributed by atoms with E-state index in [1.54, 1.807) is 30.3 Å². The van der Waals surface area contributed by atoms with E-state index in [0.717, 1.165) is 0 Å². The summed E-state index contributed by atoms with van der Waals surface area (Å²) >= 11 is 0. The number of para-hydroxylation sites is 3. The van der Waals surface area contributed by atoms with Crippen LogP contribution in [0.4, 0.5) is 10.1 Å². The van der Waals surface area contributed by atoms with Crippen molar-refractivity contribution < 1.29 is 13.9 Å². The summed E-state index contributed by atoms with van der Waals surface area (Å²) in [5, 5.41) is 0. The van der Waals surface area contributed by atoms with Gasteiger partial charge in [0.25, 0.3) is 5.56 Å². The summed E-state index contributed by atoms with van der Waals surface area (Å²) in [6, 6.07) is 19.7. The number of alkyl halides is 1. The third kappa shape index (κ3) is 4.46. The lowest BCUT2D eigenvalue weighted by molar-refractivity contribution is -0.116. The Morgan fingerprint density at radius 3 is 2.46 bits per heavy atom. The van der Waals surface area contributed by atoms with Crippen LogP contribution in [0.2, 0.25) is 0 Å². The highest BCUT2D eigenvalue weighted by Gasteiger charge is 2.19. The van der Waals surface area contributed by atoms with Gasteiger partial charge in [-0.05, 0) is 30.3 Å². The van der Waals surface area contributed by atoms with Crippen LogP contribution in [0.25, 0.3) is 0 Å². The van der Waals surface area contributed by atoms with Crippen molar-refractivity contribution in [3.05, 3.63) is 88.8 Å². The number of aryl methyl sites for hydroxylation is 1. The van der Waals surface area contributed by atoms with Crippen molar-refractivity contribution in [2.75, 3.05) is 11.6 Å². The van der Waals surface area contributed by atoms with E-state index < -0.39 is 6.67 Å². The van der Waals surface area contributed by atoms with E-state index in [1.807, 2.05) is 36.4 Å². The smallest absolute Gasteiger partial charge is 0.255 e. The molecule has 1 amide bonds. The first kappa shape index (κ1) is 19.4. The maximum absolute atomic E-state index is 12.7. The van der Waals surface area contributed by atoms with Crippen LogP contribution < -0.4 is 15.2 Å². The van der Waals surface area contributed by atoms with Gasteiger partial charge in [0.1, 0.15) is 12.4 Å². The van der Waals surface area contributed by atoms with Gasteiger partial charge in [0.05, 0.1) is 18.8 Å². The second-order valence-corrected chi connectivity index (χ2v) is 6.21. The molecule has 0 aliphatic rings. The van der Waals surface area contributed by atoms with Gasteiger partial charge in [-0.15, -0.1) is 0 Å². The van der Waals surface area contributed by atoms with Crippen molar-refractivity contribution in [2.24, 2.45) is 0 Å². The van der Waals surface area contributed by atoms with Gasteiger partial charge in [-0.25, -0.2) is 4.39 Å². The van der Waals surface area contributed by atoms with E-state index in [1.165, 1.54) is 22.6 Å². The molecule has 5 nitrogen and oxygen atoms in total. The molecule has 0 saturated heterocycles. The average molecular weight is 380 g/mol. The Kier molecular flexibility index (Phi) is 6.22. The van der Waals surface area contributed by atoms with Gasteiger partial charge < -0.3 is 14.2 Å². The summed E-state index contributed by atoms with van der Waals surface area (Å²) in [4.78, 5) is 26.4. The Labute approximate surface area is 162 Å². The molecule has 0 aliphatic heterocycles. The van der Waals surface area contributed by atoms with Gasteiger partial charge in [0.2, 0.25) is 5.91 Å². The number of rotatable bonds is 7. The molecule has 3 aromatic rings. The standard InChI is InChI=1S/C22H21FN2O3/c1-17(26)25(16-18-8-7-14-24(15-13-23)22(18)27)20-11-5-6-12-21(20)28-19-9-3-2-4-10-19/h2-12,14H,13,15-16H2,1H3. The molecule has 2 aromatic carbocycles. The lowest BCUT2D eigenvalue weighted by atomic mass is 10.2. The highest BCUT2D eigenvalue weighted by atomic mass is 19.1. The number of ether oxygens (including phenoxy) is 1. The zero-order valence-electron chi connectivity index (χ0n) is 15.5. The first-order valence-corrected chi connectivity index (χ1v) is 8.94. The normalized spacial score (nSPS) is 10.5. The van der Waals surface area contributed by atoms with Crippen molar-refractivity contribution in [3.63, 3.8) is 0 Å². The van der Waals surface area contributed by atoms with E-state index in [4.69, 9.17) is 4.74 Å². The number of nitrogens with zero attached hydrogens (tertiary/aromatic N) is 2. The van der Waals surface area contributed by atoms with E-state index in [2.05, 4.69) is 0 Å². The quantitative estimate of drug-likeness (QED) is 0.618. The summed E-state index contributed by atoms with van der Waals surface area (Å²) < 4.78 is 19.9. The number of pyridine rings is 1. The molecule has 0 aliphatic carbocycles. The highest BCUT2D eigenvalue weighted by molar-refractivity contribution is 5.93. The van der Waals surface area contributed by atoms with Gasteiger partial charge in [0, 0.05) is 18.7 Å². The molecule has 1 aromatic heterocycles. The highest BCUT2D eigenvalue weighted by Crippen LogP contribution is 2.32. The molecule has 3 rings (SSSR count). The minimum atomic E-state index is -0.631. The largest absolute Gasteiger partial charge is 0.455 e. The monoisotopic (exact) mass is 380 g/mol. The number of amides is 1. The van der Waals surface area contributed by atoms with Crippen LogP contribution in [-0.2, 0) is 17.9 Å². The molecular formula is C22H21FN2O3. The van der Waals surface area contributed by atoms with Gasteiger partial charge >= 0.3 is 0 Å². The zero-order valence-corrected chi connectivity index (χ0v) is 15.5. The lowest BCUT2D eigenvalue weighted by Crippen LogP contribution is -2.33. The Bertz CT molecular complexity index is 1000. The van der Waals surface area contributed by atoms with Crippen LogP contribution >= 0.6 is 0 Å². The minimum absolute atomic E-state index is 0.0134. The lowest BCUT2D eigenvalue weighted by Gasteiger charge is -2.24. The molecule has 0 radical (unpaired) electrons. The summed E-state index contributed by atoms with van der Waals surface area (Å²) in [6.45, 7) is 0.854. The molecule has 28 heavy (non-hydrogen) atoms. The van der Waals surface area contributed by atoms with Gasteiger partial charge in [0.15, 0.2) is 5.75 Å². The number of carbonyl (C=O) groups excluding carboxylic acids is 1. The predicted octanol–water partition coefficient (Wildman–Crippen LogP) is 4.16.